The largest absolute Gasteiger partial charge is 0.228 e. The molecule has 0 fully saturated rings. The van der Waals surface area contributed by atoms with Crippen molar-refractivity contribution in [2.45, 2.75) is 11.7 Å². The van der Waals surface area contributed by atoms with Crippen LogP contribution in [0.4, 0.5) is 0 Å². The van der Waals surface area contributed by atoms with Crippen molar-refractivity contribution in [1.29, 1.82) is 5.26 Å². The van der Waals surface area contributed by atoms with E-state index in [1.165, 1.54) is 0 Å². The first-order valence-electron chi connectivity index (χ1n) is 6.40. The molecule has 21 heavy (non-hydrogen) atoms. The summed E-state index contributed by atoms with van der Waals surface area (Å²) in [6, 6.07) is 17.8. The van der Waals surface area contributed by atoms with Crippen LogP contribution in [0.2, 0.25) is 5.02 Å². The molecule has 0 N–H and O–H groups in total. The van der Waals surface area contributed by atoms with E-state index in [1.54, 1.807) is 48.5 Å². The predicted molar refractivity (Wildman–Crippen MR) is 83.7 cm³/mol. The Hall–Kier alpha value is -1.83. The predicted octanol–water partition coefficient (Wildman–Crippen LogP) is 3.56. The minimum absolute atomic E-state index is 0.155. The minimum atomic E-state index is -3.42. The van der Waals surface area contributed by atoms with Gasteiger partial charge in [0.25, 0.3) is 0 Å². The fourth-order valence-electron chi connectivity index (χ4n) is 2.06. The summed E-state index contributed by atoms with van der Waals surface area (Å²) >= 11 is 5.99. The molecular formula is C16H14ClNO2S. The molecule has 2 rings (SSSR count). The van der Waals surface area contributed by atoms with Gasteiger partial charge in [-0.15, -0.1) is 0 Å². The van der Waals surface area contributed by atoms with Crippen LogP contribution in [0.25, 0.3) is 0 Å². The fourth-order valence-corrected chi connectivity index (χ4v) is 3.96. The number of nitrogens with zero attached hydrogens (tertiary/aromatic N) is 1. The lowest BCUT2D eigenvalue weighted by Crippen LogP contribution is -2.16. The molecular weight excluding hydrogens is 306 g/mol. The van der Waals surface area contributed by atoms with Crippen molar-refractivity contribution < 1.29 is 8.42 Å². The van der Waals surface area contributed by atoms with Crippen LogP contribution in [0.15, 0.2) is 54.6 Å². The highest BCUT2D eigenvalue weighted by molar-refractivity contribution is 7.90. The van der Waals surface area contributed by atoms with Gasteiger partial charge in [-0.2, -0.15) is 5.26 Å². The lowest BCUT2D eigenvalue weighted by Gasteiger charge is -2.11. The van der Waals surface area contributed by atoms with Crippen molar-refractivity contribution in [1.82, 2.24) is 0 Å². The van der Waals surface area contributed by atoms with E-state index in [1.807, 2.05) is 6.07 Å². The van der Waals surface area contributed by atoms with Gasteiger partial charge in [-0.3, -0.25) is 0 Å². The Morgan fingerprint density at radius 2 is 1.67 bits per heavy atom. The molecule has 3 nitrogen and oxygen atoms in total. The van der Waals surface area contributed by atoms with Crippen molar-refractivity contribution >= 4 is 21.4 Å². The van der Waals surface area contributed by atoms with E-state index in [-0.39, 0.29) is 11.5 Å². The zero-order chi connectivity index (χ0) is 15.3. The van der Waals surface area contributed by atoms with Crippen molar-refractivity contribution in [3.05, 3.63) is 70.7 Å². The number of halogens is 1. The molecule has 0 aliphatic heterocycles. The van der Waals surface area contributed by atoms with Gasteiger partial charge in [-0.25, -0.2) is 8.42 Å². The molecule has 2 aromatic rings. The second-order valence-electron chi connectivity index (χ2n) is 4.74. The summed E-state index contributed by atoms with van der Waals surface area (Å²) < 4.78 is 24.6. The number of hydrogen-bond acceptors (Lipinski definition) is 3. The monoisotopic (exact) mass is 319 g/mol. The maximum Gasteiger partial charge on any atom is 0.156 e. The molecule has 0 aliphatic rings. The average Bonchev–Trinajstić information content (AvgIpc) is 2.48. The Labute approximate surface area is 129 Å². The highest BCUT2D eigenvalue weighted by atomic mass is 35.5. The molecule has 2 aromatic carbocycles. The molecule has 0 radical (unpaired) electrons. The second-order valence-corrected chi connectivity index (χ2v) is 7.25. The number of benzene rings is 2. The number of rotatable bonds is 5. The van der Waals surface area contributed by atoms with Crippen LogP contribution < -0.4 is 0 Å². The third-order valence-corrected chi connectivity index (χ3v) is 5.07. The van der Waals surface area contributed by atoms with Crippen molar-refractivity contribution in [2.24, 2.45) is 0 Å². The first-order valence-corrected chi connectivity index (χ1v) is 8.60. The molecule has 0 spiro atoms. The van der Waals surface area contributed by atoms with Gasteiger partial charge in [0.1, 0.15) is 0 Å². The Morgan fingerprint density at radius 3 is 2.29 bits per heavy atom. The smallest absolute Gasteiger partial charge is 0.156 e. The summed E-state index contributed by atoms with van der Waals surface area (Å²) in [4.78, 5) is 0. The molecule has 0 aliphatic carbocycles. The van der Waals surface area contributed by atoms with E-state index in [2.05, 4.69) is 6.07 Å². The van der Waals surface area contributed by atoms with Crippen LogP contribution in [0, 0.1) is 11.3 Å². The van der Waals surface area contributed by atoms with E-state index in [0.717, 1.165) is 0 Å². The van der Waals surface area contributed by atoms with Gasteiger partial charge in [0.05, 0.1) is 23.5 Å². The van der Waals surface area contributed by atoms with Crippen LogP contribution in [0.3, 0.4) is 0 Å². The molecule has 0 saturated heterocycles. The SMILES string of the molecule is N#CC(CS(=O)(=O)Cc1ccccc1Cl)c1ccccc1. The van der Waals surface area contributed by atoms with Gasteiger partial charge < -0.3 is 0 Å². The van der Waals surface area contributed by atoms with Gasteiger partial charge in [-0.05, 0) is 17.2 Å². The van der Waals surface area contributed by atoms with Crippen molar-refractivity contribution in [3.63, 3.8) is 0 Å². The maximum atomic E-state index is 12.3. The molecule has 5 heteroatoms. The first kappa shape index (κ1) is 15.6. The zero-order valence-corrected chi connectivity index (χ0v) is 12.8. The molecule has 0 saturated carbocycles. The van der Waals surface area contributed by atoms with Crippen LogP contribution >= 0.6 is 11.6 Å². The summed E-state index contributed by atoms with van der Waals surface area (Å²) in [5, 5.41) is 9.65. The standard InChI is InChI=1S/C16H14ClNO2S/c17-16-9-5-4-8-14(16)11-21(19,20)12-15(10-18)13-6-2-1-3-7-13/h1-9,15H,11-12H2. The Kier molecular flexibility index (Phi) is 5.00. The van der Waals surface area contributed by atoms with E-state index >= 15 is 0 Å². The average molecular weight is 320 g/mol. The van der Waals surface area contributed by atoms with E-state index < -0.39 is 15.8 Å². The summed E-state index contributed by atoms with van der Waals surface area (Å²) in [6.07, 6.45) is 0. The van der Waals surface area contributed by atoms with Crippen LogP contribution in [-0.4, -0.2) is 14.2 Å². The van der Waals surface area contributed by atoms with Gasteiger partial charge in [0.2, 0.25) is 0 Å². The first-order chi connectivity index (χ1) is 10.0. The van der Waals surface area contributed by atoms with E-state index in [4.69, 9.17) is 11.6 Å². The van der Waals surface area contributed by atoms with Gasteiger partial charge in [-0.1, -0.05) is 60.1 Å². The quantitative estimate of drug-likeness (QED) is 0.846. The van der Waals surface area contributed by atoms with Gasteiger partial charge >= 0.3 is 0 Å². The number of sulfone groups is 1. The molecule has 0 bridgehead atoms. The Morgan fingerprint density at radius 1 is 1.05 bits per heavy atom. The van der Waals surface area contributed by atoms with Crippen LogP contribution in [0.1, 0.15) is 17.0 Å². The molecule has 0 aromatic heterocycles. The summed E-state index contributed by atoms with van der Waals surface area (Å²) in [6.45, 7) is 0. The van der Waals surface area contributed by atoms with Gasteiger partial charge in [0.15, 0.2) is 9.84 Å². The molecule has 0 heterocycles. The lowest BCUT2D eigenvalue weighted by atomic mass is 10.0. The third kappa shape index (κ3) is 4.32. The summed E-state index contributed by atoms with van der Waals surface area (Å²) in [7, 11) is -3.42. The van der Waals surface area contributed by atoms with Crippen molar-refractivity contribution in [3.8, 4) is 6.07 Å². The zero-order valence-electron chi connectivity index (χ0n) is 11.2. The topological polar surface area (TPSA) is 57.9 Å². The molecule has 1 atom stereocenters. The van der Waals surface area contributed by atoms with Crippen LogP contribution in [0.5, 0.6) is 0 Å². The molecule has 108 valence electrons. The van der Waals surface area contributed by atoms with Crippen molar-refractivity contribution in [2.75, 3.05) is 5.75 Å². The normalized spacial score (nSPS) is 12.6. The number of nitriles is 1. The highest BCUT2D eigenvalue weighted by Crippen LogP contribution is 2.22. The van der Waals surface area contributed by atoms with E-state index in [9.17, 15) is 13.7 Å². The molecule has 0 amide bonds. The Bertz CT molecular complexity index is 751. The highest BCUT2D eigenvalue weighted by Gasteiger charge is 2.21. The fraction of sp³-hybridized carbons (Fsp3) is 0.188. The van der Waals surface area contributed by atoms with Crippen LogP contribution in [-0.2, 0) is 15.6 Å². The molecule has 1 unspecified atom stereocenters. The third-order valence-electron chi connectivity index (χ3n) is 3.11. The maximum absolute atomic E-state index is 12.3. The van der Waals surface area contributed by atoms with Gasteiger partial charge in [0, 0.05) is 5.02 Å². The van der Waals surface area contributed by atoms with E-state index in [0.29, 0.717) is 16.1 Å². The lowest BCUT2D eigenvalue weighted by molar-refractivity contribution is 0.592. The Balaban J connectivity index is 2.18. The second kappa shape index (κ2) is 6.75. The summed E-state index contributed by atoms with van der Waals surface area (Å²) in [5.41, 5.74) is 1.27. The summed E-state index contributed by atoms with van der Waals surface area (Å²) in [5.74, 6) is -1.03. The number of hydrogen-bond donors (Lipinski definition) is 0. The minimum Gasteiger partial charge on any atom is -0.228 e.